The lowest BCUT2D eigenvalue weighted by Crippen LogP contribution is -2.25. The van der Waals surface area contributed by atoms with E-state index in [4.69, 9.17) is 0 Å². The van der Waals surface area contributed by atoms with Gasteiger partial charge in [-0.25, -0.2) is 0 Å². The summed E-state index contributed by atoms with van der Waals surface area (Å²) in [6.07, 6.45) is 46.9. The highest BCUT2D eigenvalue weighted by molar-refractivity contribution is 5.83. The lowest BCUT2D eigenvalue weighted by Gasteiger charge is -2.33. The molecule has 334 valence electrons. The molecular formula is C62H86. The molecule has 0 unspecified atom stereocenters. The Hall–Kier alpha value is -3.64. The first-order chi connectivity index (χ1) is 30.6. The van der Waals surface area contributed by atoms with Gasteiger partial charge < -0.3 is 0 Å². The van der Waals surface area contributed by atoms with Crippen molar-refractivity contribution in [2.75, 3.05) is 0 Å². The summed E-state index contributed by atoms with van der Waals surface area (Å²) in [5, 5.41) is 0. The van der Waals surface area contributed by atoms with Crippen molar-refractivity contribution < 1.29 is 0 Å². The van der Waals surface area contributed by atoms with E-state index in [0.717, 1.165) is 0 Å². The Morgan fingerprint density at radius 2 is 0.597 bits per heavy atom. The molecule has 0 fully saturated rings. The van der Waals surface area contributed by atoms with Gasteiger partial charge in [0.05, 0.1) is 0 Å². The number of hydrogen-bond donors (Lipinski definition) is 0. The Bertz CT molecular complexity index is 1790. The highest BCUT2D eigenvalue weighted by Gasteiger charge is 2.43. The molecule has 0 heteroatoms. The molecule has 0 N–H and O–H groups in total. The van der Waals surface area contributed by atoms with Crippen LogP contribution in [0.5, 0.6) is 0 Å². The molecule has 4 aromatic rings. The van der Waals surface area contributed by atoms with Crippen molar-refractivity contribution in [3.05, 3.63) is 130 Å². The molecule has 6 rings (SSSR count). The van der Waals surface area contributed by atoms with Crippen LogP contribution in [0.2, 0.25) is 0 Å². The molecule has 0 spiro atoms. The second kappa shape index (κ2) is 25.6. The molecule has 0 amide bonds. The first-order valence-corrected chi connectivity index (χ1v) is 26.5. The Morgan fingerprint density at radius 3 is 0.935 bits per heavy atom. The van der Waals surface area contributed by atoms with Gasteiger partial charge in [-0.3, -0.25) is 0 Å². The molecule has 0 nitrogen and oxygen atoms in total. The Morgan fingerprint density at radius 1 is 0.306 bits per heavy atom. The quantitative estimate of drug-likeness (QED) is 0.0350. The summed E-state index contributed by atoms with van der Waals surface area (Å²) in [7, 11) is 0. The van der Waals surface area contributed by atoms with Crippen LogP contribution in [-0.4, -0.2) is 0 Å². The fraction of sp³-hybridized carbons (Fsp3) is 0.548. The largest absolute Gasteiger partial charge is 0.0654 e. The lowest BCUT2D eigenvalue weighted by atomic mass is 9.70. The zero-order valence-electron chi connectivity index (χ0n) is 40.2. The van der Waals surface area contributed by atoms with Gasteiger partial charge in [0.25, 0.3) is 0 Å². The van der Waals surface area contributed by atoms with Crippen molar-refractivity contribution in [3.63, 3.8) is 0 Å². The first kappa shape index (κ1) is 47.8. The van der Waals surface area contributed by atoms with Gasteiger partial charge in [-0.2, -0.15) is 0 Å². The molecule has 2 aliphatic rings. The van der Waals surface area contributed by atoms with Crippen LogP contribution in [0.3, 0.4) is 0 Å². The lowest BCUT2D eigenvalue weighted by molar-refractivity contribution is 0.398. The Labute approximate surface area is 381 Å². The fourth-order valence-corrected chi connectivity index (χ4v) is 11.6. The third kappa shape index (κ3) is 12.1. The minimum Gasteiger partial charge on any atom is -0.0654 e. The maximum Gasteiger partial charge on any atom is 0.0215 e. The van der Waals surface area contributed by atoms with Gasteiger partial charge in [-0.15, -0.1) is 0 Å². The van der Waals surface area contributed by atoms with Crippen LogP contribution in [-0.2, 0) is 10.8 Å². The highest BCUT2D eigenvalue weighted by Crippen LogP contribution is 2.56. The normalized spacial score (nSPS) is 14.5. The van der Waals surface area contributed by atoms with E-state index in [0.29, 0.717) is 0 Å². The summed E-state index contributed by atoms with van der Waals surface area (Å²) in [5.74, 6) is 0. The van der Waals surface area contributed by atoms with Gasteiger partial charge >= 0.3 is 0 Å². The highest BCUT2D eigenvalue weighted by atomic mass is 14.5. The molecule has 0 aliphatic heterocycles. The van der Waals surface area contributed by atoms with Gasteiger partial charge in [0.1, 0.15) is 0 Å². The molecule has 62 heavy (non-hydrogen) atoms. The van der Waals surface area contributed by atoms with Crippen molar-refractivity contribution >= 4 is 12.2 Å². The first-order valence-electron chi connectivity index (χ1n) is 26.5. The summed E-state index contributed by atoms with van der Waals surface area (Å²) in [5.41, 5.74) is 15.2. The van der Waals surface area contributed by atoms with Gasteiger partial charge in [0.15, 0.2) is 0 Å². The van der Waals surface area contributed by atoms with Crippen molar-refractivity contribution in [3.8, 4) is 22.3 Å². The summed E-state index contributed by atoms with van der Waals surface area (Å²) in [6.45, 7) is 9.31. The molecular weight excluding hydrogens is 745 g/mol. The van der Waals surface area contributed by atoms with E-state index in [1.165, 1.54) is 213 Å². The summed E-state index contributed by atoms with van der Waals surface area (Å²) < 4.78 is 0. The average Bonchev–Trinajstić information content (AvgIpc) is 3.73. The van der Waals surface area contributed by atoms with Gasteiger partial charge in [-0.1, -0.05) is 291 Å². The van der Waals surface area contributed by atoms with E-state index in [1.807, 2.05) is 0 Å². The van der Waals surface area contributed by atoms with Crippen molar-refractivity contribution in [2.45, 2.75) is 218 Å². The molecule has 0 heterocycles. The van der Waals surface area contributed by atoms with E-state index in [-0.39, 0.29) is 10.8 Å². The van der Waals surface area contributed by atoms with E-state index < -0.39 is 0 Å². The van der Waals surface area contributed by atoms with Crippen molar-refractivity contribution in [1.82, 2.24) is 0 Å². The number of benzene rings is 4. The van der Waals surface area contributed by atoms with E-state index in [9.17, 15) is 0 Å². The van der Waals surface area contributed by atoms with Crippen LogP contribution < -0.4 is 0 Å². The van der Waals surface area contributed by atoms with Gasteiger partial charge in [0, 0.05) is 10.8 Å². The maximum absolute atomic E-state index is 2.58. The average molecular weight is 831 g/mol. The minimum atomic E-state index is 0.126. The molecule has 2 aliphatic carbocycles. The van der Waals surface area contributed by atoms with Crippen LogP contribution in [0.15, 0.2) is 97.1 Å². The molecule has 0 saturated heterocycles. The molecule has 0 radical (unpaired) electrons. The monoisotopic (exact) mass is 831 g/mol. The zero-order valence-corrected chi connectivity index (χ0v) is 40.2. The second-order valence-electron chi connectivity index (χ2n) is 19.7. The molecule has 4 aromatic carbocycles. The van der Waals surface area contributed by atoms with Crippen LogP contribution >= 0.6 is 0 Å². The summed E-state index contributed by atoms with van der Waals surface area (Å²) in [4.78, 5) is 0. The topological polar surface area (TPSA) is 0 Å². The van der Waals surface area contributed by atoms with Crippen molar-refractivity contribution in [2.24, 2.45) is 0 Å². The standard InChI is InChI=1S/C62H86/c1-5-9-13-17-21-31-45-61(46-32-22-18-14-10-6-2)57-39-29-27-37-53(57)55-43-41-51(49-59(55)61)35-25-26-36-52-42-44-56-54-38-28-30-40-58(54)62(60(56)50-52,47-33-23-19-15-11-7-3)48-34-24-20-16-12-8-4/h25-30,35-44,49-50H,5-24,31-34,45-48H2,1-4H3/b35-25+,36-26+. The third-order valence-corrected chi connectivity index (χ3v) is 15.1. The molecule has 0 aromatic heterocycles. The summed E-state index contributed by atoms with van der Waals surface area (Å²) in [6, 6.07) is 33.7. The maximum atomic E-state index is 2.58. The smallest absolute Gasteiger partial charge is 0.0215 e. The number of fused-ring (bicyclic) bond motifs is 6. The SMILES string of the molecule is CCCCCCCCC1(CCCCCCCC)c2ccccc2-c2ccc(/C=C/C=C/c3ccc4c(c3)C(CCCCCCCC)(CCCCCCCC)c3ccccc3-4)cc21. The summed E-state index contributed by atoms with van der Waals surface area (Å²) >= 11 is 0. The minimum absolute atomic E-state index is 0.126. The van der Waals surface area contributed by atoms with Gasteiger partial charge in [0.2, 0.25) is 0 Å². The van der Waals surface area contributed by atoms with Crippen molar-refractivity contribution in [1.29, 1.82) is 0 Å². The molecule has 0 saturated carbocycles. The van der Waals surface area contributed by atoms with Crippen LogP contribution in [0.4, 0.5) is 0 Å². The van der Waals surface area contributed by atoms with Crippen LogP contribution in [0, 0.1) is 0 Å². The second-order valence-corrected chi connectivity index (χ2v) is 19.7. The van der Waals surface area contributed by atoms with Crippen LogP contribution in [0.25, 0.3) is 34.4 Å². The number of allylic oxidation sites excluding steroid dienone is 2. The van der Waals surface area contributed by atoms with E-state index in [1.54, 1.807) is 22.3 Å². The van der Waals surface area contributed by atoms with E-state index in [2.05, 4.69) is 137 Å². The number of hydrogen-bond acceptors (Lipinski definition) is 0. The van der Waals surface area contributed by atoms with Gasteiger partial charge in [-0.05, 0) is 81.3 Å². The van der Waals surface area contributed by atoms with E-state index >= 15 is 0 Å². The Kier molecular flexibility index (Phi) is 19.8. The molecule has 0 bridgehead atoms. The third-order valence-electron chi connectivity index (χ3n) is 15.1. The Balaban J connectivity index is 1.23. The fourth-order valence-electron chi connectivity index (χ4n) is 11.6. The van der Waals surface area contributed by atoms with Crippen LogP contribution in [0.1, 0.15) is 241 Å². The zero-order chi connectivity index (χ0) is 43.3. The predicted octanol–water partition coefficient (Wildman–Crippen LogP) is 19.9. The molecule has 0 atom stereocenters. The predicted molar refractivity (Wildman–Crippen MR) is 275 cm³/mol. The number of unbranched alkanes of at least 4 members (excludes halogenated alkanes) is 20. The number of rotatable bonds is 31.